The number of nitrogens with one attached hydrogen (secondary N) is 3. The fourth-order valence-corrected chi connectivity index (χ4v) is 5.38. The first kappa shape index (κ1) is 13.3. The van der Waals surface area contributed by atoms with E-state index in [1.807, 2.05) is 12.1 Å². The van der Waals surface area contributed by atoms with Crippen molar-refractivity contribution in [2.24, 2.45) is 5.92 Å². The van der Waals surface area contributed by atoms with Crippen LogP contribution in [0.1, 0.15) is 19.4 Å². The number of halogens is 1. The van der Waals surface area contributed by atoms with Crippen molar-refractivity contribution in [2.45, 2.75) is 35.5 Å². The SMILES string of the molecule is COC(Oc1ccc(C2(C34NC3N4)N[I-]2)cc1)C(C)C. The van der Waals surface area contributed by atoms with E-state index in [4.69, 9.17) is 9.47 Å². The van der Waals surface area contributed by atoms with Crippen molar-refractivity contribution in [3.63, 3.8) is 0 Å². The van der Waals surface area contributed by atoms with Crippen LogP contribution in [-0.4, -0.2) is 25.2 Å². The van der Waals surface area contributed by atoms with Crippen LogP contribution in [0.3, 0.4) is 0 Å². The zero-order valence-electron chi connectivity index (χ0n) is 11.7. The molecule has 4 rings (SSSR count). The van der Waals surface area contributed by atoms with Gasteiger partial charge < -0.3 is 0 Å². The van der Waals surface area contributed by atoms with E-state index in [0.717, 1.165) is 5.75 Å². The molecule has 2 unspecified atom stereocenters. The van der Waals surface area contributed by atoms with E-state index in [2.05, 4.69) is 40.1 Å². The minimum atomic E-state index is -0.195. The van der Waals surface area contributed by atoms with Crippen molar-refractivity contribution in [1.29, 1.82) is 0 Å². The molecular formula is C14H19IN3O2-. The van der Waals surface area contributed by atoms with Crippen LogP contribution in [0.2, 0.25) is 0 Å². The molecule has 0 spiro atoms. The van der Waals surface area contributed by atoms with Gasteiger partial charge in [0.15, 0.2) is 0 Å². The van der Waals surface area contributed by atoms with Crippen LogP contribution in [0, 0.1) is 5.92 Å². The molecule has 3 aliphatic heterocycles. The molecule has 1 aromatic carbocycles. The molecule has 0 aromatic heterocycles. The molecule has 3 heterocycles. The molecular weight excluding hydrogens is 369 g/mol. The fraction of sp³-hybridized carbons (Fsp3) is 0.571. The third kappa shape index (κ3) is 1.82. The Morgan fingerprint density at radius 3 is 2.20 bits per heavy atom. The Morgan fingerprint density at radius 1 is 1.20 bits per heavy atom. The number of rotatable bonds is 6. The summed E-state index contributed by atoms with van der Waals surface area (Å²) < 4.78 is 15.0. The van der Waals surface area contributed by atoms with E-state index in [-0.39, 0.29) is 37.0 Å². The van der Waals surface area contributed by atoms with Crippen LogP contribution >= 0.6 is 0 Å². The molecule has 3 saturated heterocycles. The van der Waals surface area contributed by atoms with E-state index in [1.165, 1.54) is 5.56 Å². The molecule has 5 nitrogen and oxygen atoms in total. The maximum absolute atomic E-state index is 5.86. The first-order valence-electron chi connectivity index (χ1n) is 6.89. The second kappa shape index (κ2) is 4.30. The van der Waals surface area contributed by atoms with E-state index in [9.17, 15) is 0 Å². The van der Waals surface area contributed by atoms with Gasteiger partial charge in [0.2, 0.25) is 0 Å². The number of fused-ring (bicyclic) bond motifs is 1. The van der Waals surface area contributed by atoms with Crippen LogP contribution in [0.25, 0.3) is 0 Å². The topological polar surface area (TPSA) is 84.3 Å². The van der Waals surface area contributed by atoms with Crippen molar-refractivity contribution < 1.29 is 31.0 Å². The van der Waals surface area contributed by atoms with Gasteiger partial charge in [-0.3, -0.25) is 0 Å². The Labute approximate surface area is 129 Å². The molecule has 6 heteroatoms. The molecule has 0 radical (unpaired) electrons. The van der Waals surface area contributed by atoms with Crippen LogP contribution < -0.4 is 40.4 Å². The second-order valence-corrected chi connectivity index (χ2v) is 8.56. The summed E-state index contributed by atoms with van der Waals surface area (Å²) in [4.78, 5) is 0. The van der Waals surface area contributed by atoms with Crippen molar-refractivity contribution >= 4 is 0 Å². The second-order valence-electron chi connectivity index (χ2n) is 5.87. The molecule has 0 bridgehead atoms. The third-order valence-corrected chi connectivity index (χ3v) is 7.21. The van der Waals surface area contributed by atoms with Crippen LogP contribution in [0.4, 0.5) is 0 Å². The molecule has 3 aliphatic rings. The van der Waals surface area contributed by atoms with E-state index < -0.39 is 0 Å². The Hall–Kier alpha value is -0.410. The predicted molar refractivity (Wildman–Crippen MR) is 70.3 cm³/mol. The van der Waals surface area contributed by atoms with Crippen molar-refractivity contribution in [3.05, 3.63) is 29.8 Å². The normalized spacial score (nSPS) is 38.7. The third-order valence-electron chi connectivity index (χ3n) is 4.12. The molecule has 2 atom stereocenters. The summed E-state index contributed by atoms with van der Waals surface area (Å²) in [6.07, 6.45) is 0.339. The van der Waals surface area contributed by atoms with Gasteiger partial charge in [-0.1, -0.05) is 0 Å². The van der Waals surface area contributed by atoms with Crippen LogP contribution in [0.5, 0.6) is 5.75 Å². The van der Waals surface area contributed by atoms with Gasteiger partial charge in [0.25, 0.3) is 0 Å². The molecule has 3 N–H and O–H groups in total. The van der Waals surface area contributed by atoms with E-state index >= 15 is 0 Å². The molecule has 0 amide bonds. The number of methoxy groups -OCH3 is 1. The summed E-state index contributed by atoms with van der Waals surface area (Å²) in [5, 5.41) is 6.97. The van der Waals surface area contributed by atoms with Crippen LogP contribution in [0.15, 0.2) is 24.3 Å². The monoisotopic (exact) mass is 388 g/mol. The fourth-order valence-electron chi connectivity index (χ4n) is 2.66. The standard InChI is InChI=1S/C14H19IN3O2/c1-8(2)11(19-3)20-10-6-4-9(5-7-10)13(15-18-13)14-12(16-14)17-14/h4-8,11-12,16-18H,1-3H3/q-1. The van der Waals surface area contributed by atoms with Gasteiger partial charge in [0, 0.05) is 0 Å². The van der Waals surface area contributed by atoms with Gasteiger partial charge in [-0.25, -0.2) is 0 Å². The van der Waals surface area contributed by atoms with Crippen LogP contribution in [-0.2, 0) is 8.28 Å². The van der Waals surface area contributed by atoms with Crippen molar-refractivity contribution in [1.82, 2.24) is 14.2 Å². The van der Waals surface area contributed by atoms with Gasteiger partial charge in [0.1, 0.15) is 0 Å². The van der Waals surface area contributed by atoms with E-state index in [0.29, 0.717) is 12.1 Å². The molecule has 1 aromatic rings. The molecule has 0 aliphatic carbocycles. The Bertz CT molecular complexity index is 524. The zero-order valence-corrected chi connectivity index (χ0v) is 13.9. The quantitative estimate of drug-likeness (QED) is 0.127. The number of benzene rings is 1. The zero-order chi connectivity index (χ0) is 14.0. The molecule has 20 heavy (non-hydrogen) atoms. The minimum absolute atomic E-state index is 0.0416. The summed E-state index contributed by atoms with van der Waals surface area (Å²) in [6.45, 7) is 4.18. The average molecular weight is 388 g/mol. The Balaban J connectivity index is 1.49. The Morgan fingerprint density at radius 2 is 1.80 bits per heavy atom. The average Bonchev–Trinajstić information content (AvgIpc) is 3.27. The number of alkyl halides is 1. The summed E-state index contributed by atoms with van der Waals surface area (Å²) in [5.74, 6) is 1.19. The van der Waals surface area contributed by atoms with Gasteiger partial charge in [0.05, 0.1) is 0 Å². The molecule has 0 saturated carbocycles. The first-order valence-corrected chi connectivity index (χ1v) is 9.04. The summed E-state index contributed by atoms with van der Waals surface area (Å²) >= 11 is 0.0416. The van der Waals surface area contributed by atoms with Crippen molar-refractivity contribution in [3.8, 4) is 5.75 Å². The summed E-state index contributed by atoms with van der Waals surface area (Å²) in [7, 11) is 1.68. The summed E-state index contributed by atoms with van der Waals surface area (Å²) in [6, 6.07) is 8.44. The van der Waals surface area contributed by atoms with Gasteiger partial charge in [-0.15, -0.1) is 0 Å². The Kier molecular flexibility index (Phi) is 2.85. The molecule has 110 valence electrons. The number of ether oxygens (including phenoxy) is 2. The van der Waals surface area contributed by atoms with Crippen molar-refractivity contribution in [2.75, 3.05) is 7.11 Å². The molecule has 3 fully saturated rings. The maximum atomic E-state index is 5.86. The number of hydrogen-bond acceptors (Lipinski definition) is 5. The van der Waals surface area contributed by atoms with Gasteiger partial charge in [-0.2, -0.15) is 0 Å². The van der Waals surface area contributed by atoms with E-state index in [1.54, 1.807) is 7.11 Å². The van der Waals surface area contributed by atoms with Gasteiger partial charge >= 0.3 is 129 Å². The predicted octanol–water partition coefficient (Wildman–Crippen LogP) is -2.32. The number of hydrogen-bond donors (Lipinski definition) is 3. The first-order chi connectivity index (χ1) is 9.61. The van der Waals surface area contributed by atoms with Gasteiger partial charge in [-0.05, 0) is 0 Å². The summed E-state index contributed by atoms with van der Waals surface area (Å²) in [5.41, 5.74) is 1.53.